The van der Waals surface area contributed by atoms with Crippen molar-refractivity contribution in [3.05, 3.63) is 29.3 Å². The Bertz CT molecular complexity index is 436. The van der Waals surface area contributed by atoms with E-state index >= 15 is 0 Å². The third kappa shape index (κ3) is 3.96. The largest absolute Gasteiger partial charge is 0.490 e. The Morgan fingerprint density at radius 2 is 1.89 bits per heavy atom. The Labute approximate surface area is 114 Å². The van der Waals surface area contributed by atoms with Gasteiger partial charge in [-0.3, -0.25) is 10.1 Å². The molecular formula is C15H23NO3. The molecule has 0 bridgehead atoms. The van der Waals surface area contributed by atoms with Gasteiger partial charge in [0.1, 0.15) is 17.9 Å². The fraction of sp³-hybridized carbons (Fsp3) is 0.533. The average Bonchev–Trinajstić information content (AvgIpc) is 2.27. The smallest absolute Gasteiger partial charge is 0.327 e. The first kappa shape index (κ1) is 15.5. The van der Waals surface area contributed by atoms with Gasteiger partial charge < -0.3 is 9.84 Å². The zero-order valence-corrected chi connectivity index (χ0v) is 12.3. The second kappa shape index (κ2) is 6.06. The molecule has 0 fully saturated rings. The van der Waals surface area contributed by atoms with E-state index in [2.05, 4.69) is 5.32 Å². The van der Waals surface area contributed by atoms with Gasteiger partial charge in [0.15, 0.2) is 0 Å². The lowest BCUT2D eigenvalue weighted by atomic mass is 10.0. The van der Waals surface area contributed by atoms with E-state index in [0.29, 0.717) is 0 Å². The Morgan fingerprint density at radius 1 is 1.37 bits per heavy atom. The number of aryl methyl sites for hydroxylation is 2. The lowest BCUT2D eigenvalue weighted by molar-refractivity contribution is -0.145. The Hall–Kier alpha value is -1.55. The quantitative estimate of drug-likeness (QED) is 0.830. The van der Waals surface area contributed by atoms with E-state index < -0.39 is 11.5 Å². The van der Waals surface area contributed by atoms with E-state index in [0.717, 1.165) is 16.9 Å². The molecule has 1 atom stereocenters. The molecule has 4 nitrogen and oxygen atoms in total. The van der Waals surface area contributed by atoms with E-state index in [-0.39, 0.29) is 12.6 Å². The number of para-hydroxylation sites is 1. The lowest BCUT2D eigenvalue weighted by Gasteiger charge is -2.29. The Morgan fingerprint density at radius 3 is 2.32 bits per heavy atom. The normalized spacial score (nSPS) is 14.2. The highest BCUT2D eigenvalue weighted by atomic mass is 16.5. The van der Waals surface area contributed by atoms with Crippen LogP contribution in [0.5, 0.6) is 5.75 Å². The van der Waals surface area contributed by atoms with Crippen LogP contribution in [0.1, 0.15) is 31.9 Å². The first-order valence-electron chi connectivity index (χ1n) is 6.46. The number of carboxylic acids is 1. The van der Waals surface area contributed by atoms with Crippen molar-refractivity contribution >= 4 is 5.97 Å². The van der Waals surface area contributed by atoms with Crippen molar-refractivity contribution in [2.45, 2.75) is 46.2 Å². The van der Waals surface area contributed by atoms with Crippen LogP contribution in [0.4, 0.5) is 0 Å². The van der Waals surface area contributed by atoms with Crippen molar-refractivity contribution in [1.29, 1.82) is 0 Å². The van der Waals surface area contributed by atoms with Crippen molar-refractivity contribution in [2.24, 2.45) is 0 Å². The molecule has 1 unspecified atom stereocenters. The molecule has 106 valence electrons. The minimum Gasteiger partial charge on any atom is -0.490 e. The molecule has 0 saturated heterocycles. The number of carboxylic acid groups (broad SMARTS) is 1. The van der Waals surface area contributed by atoms with Crippen LogP contribution >= 0.6 is 0 Å². The molecule has 4 heteroatoms. The molecule has 0 aliphatic heterocycles. The van der Waals surface area contributed by atoms with Gasteiger partial charge in [0.25, 0.3) is 0 Å². The van der Waals surface area contributed by atoms with Crippen molar-refractivity contribution in [3.8, 4) is 5.75 Å². The number of hydrogen-bond acceptors (Lipinski definition) is 3. The molecule has 0 heterocycles. The maximum Gasteiger partial charge on any atom is 0.327 e. The summed E-state index contributed by atoms with van der Waals surface area (Å²) in [6.07, 6.45) is 0. The predicted octanol–water partition coefficient (Wildman–Crippen LogP) is 2.52. The summed E-state index contributed by atoms with van der Waals surface area (Å²) in [4.78, 5) is 11.4. The number of nitrogens with one attached hydrogen (secondary N) is 1. The average molecular weight is 265 g/mol. The molecule has 0 aliphatic carbocycles. The highest BCUT2D eigenvalue weighted by molar-refractivity contribution is 5.78. The van der Waals surface area contributed by atoms with E-state index in [1.165, 1.54) is 0 Å². The molecule has 0 saturated carbocycles. The highest BCUT2D eigenvalue weighted by Crippen LogP contribution is 2.23. The van der Waals surface area contributed by atoms with E-state index in [4.69, 9.17) is 4.74 Å². The van der Waals surface area contributed by atoms with Gasteiger partial charge >= 0.3 is 5.97 Å². The molecular weight excluding hydrogens is 242 g/mol. The van der Waals surface area contributed by atoms with Crippen LogP contribution in [0.15, 0.2) is 18.2 Å². The fourth-order valence-corrected chi connectivity index (χ4v) is 2.05. The van der Waals surface area contributed by atoms with Crippen LogP contribution in [0.2, 0.25) is 0 Å². The predicted molar refractivity (Wildman–Crippen MR) is 75.7 cm³/mol. The Balaban J connectivity index is 2.85. The minimum absolute atomic E-state index is 0.0719. The minimum atomic E-state index is -1.09. The number of ether oxygens (including phenoxy) is 1. The van der Waals surface area contributed by atoms with Gasteiger partial charge in [-0.25, -0.2) is 0 Å². The molecule has 2 N–H and O–H groups in total. The second-order valence-corrected chi connectivity index (χ2v) is 5.45. The van der Waals surface area contributed by atoms with Crippen LogP contribution in [0.3, 0.4) is 0 Å². The fourth-order valence-electron chi connectivity index (χ4n) is 2.05. The summed E-state index contributed by atoms with van der Waals surface area (Å²) in [5, 5.41) is 12.4. The molecule has 1 rings (SSSR count). The van der Waals surface area contributed by atoms with E-state index in [9.17, 15) is 9.90 Å². The maximum absolute atomic E-state index is 11.4. The number of rotatable bonds is 6. The third-order valence-electron chi connectivity index (χ3n) is 2.99. The molecule has 0 aliphatic rings. The molecule has 0 spiro atoms. The van der Waals surface area contributed by atoms with Gasteiger partial charge in [-0.15, -0.1) is 0 Å². The number of aliphatic carboxylic acids is 1. The molecule has 19 heavy (non-hydrogen) atoms. The maximum atomic E-state index is 11.4. The summed E-state index contributed by atoms with van der Waals surface area (Å²) in [5.74, 6) is -0.145. The van der Waals surface area contributed by atoms with Crippen molar-refractivity contribution < 1.29 is 14.6 Å². The summed E-state index contributed by atoms with van der Waals surface area (Å²) in [6, 6.07) is 5.94. The SMILES string of the molecule is Cc1cccc(C)c1OCC(C)(NC(C)C)C(=O)O. The van der Waals surface area contributed by atoms with Crippen molar-refractivity contribution in [2.75, 3.05) is 6.61 Å². The van der Waals surface area contributed by atoms with E-state index in [1.807, 2.05) is 45.9 Å². The van der Waals surface area contributed by atoms with Gasteiger partial charge in [0, 0.05) is 6.04 Å². The van der Waals surface area contributed by atoms with Crippen LogP contribution < -0.4 is 10.1 Å². The van der Waals surface area contributed by atoms with E-state index in [1.54, 1.807) is 6.92 Å². The first-order valence-corrected chi connectivity index (χ1v) is 6.46. The van der Waals surface area contributed by atoms with Gasteiger partial charge in [-0.2, -0.15) is 0 Å². The summed E-state index contributed by atoms with van der Waals surface area (Å²) in [6.45, 7) is 9.47. The highest BCUT2D eigenvalue weighted by Gasteiger charge is 2.34. The van der Waals surface area contributed by atoms with Gasteiger partial charge in [-0.1, -0.05) is 18.2 Å². The Kier molecular flexibility index (Phi) is 4.95. The van der Waals surface area contributed by atoms with Crippen molar-refractivity contribution in [1.82, 2.24) is 5.32 Å². The third-order valence-corrected chi connectivity index (χ3v) is 2.99. The molecule has 1 aromatic carbocycles. The number of carbonyl (C=O) groups is 1. The first-order chi connectivity index (χ1) is 8.76. The lowest BCUT2D eigenvalue weighted by Crippen LogP contribution is -2.56. The number of benzene rings is 1. The molecule has 0 aromatic heterocycles. The van der Waals surface area contributed by atoms with Crippen LogP contribution in [0.25, 0.3) is 0 Å². The summed E-state index contributed by atoms with van der Waals surface area (Å²) >= 11 is 0. The van der Waals surface area contributed by atoms with Crippen LogP contribution in [0, 0.1) is 13.8 Å². The van der Waals surface area contributed by atoms with Crippen molar-refractivity contribution in [3.63, 3.8) is 0 Å². The van der Waals surface area contributed by atoms with Crippen LogP contribution in [-0.4, -0.2) is 29.3 Å². The zero-order chi connectivity index (χ0) is 14.6. The molecule has 1 aromatic rings. The summed E-state index contributed by atoms with van der Waals surface area (Å²) in [7, 11) is 0. The summed E-state index contributed by atoms with van der Waals surface area (Å²) in [5.41, 5.74) is 0.928. The standard InChI is InChI=1S/C15H23NO3/c1-10(2)16-15(5,14(17)18)9-19-13-11(3)7-6-8-12(13)4/h6-8,10,16H,9H2,1-5H3,(H,17,18). The van der Waals surface area contributed by atoms with Gasteiger partial charge in [0.2, 0.25) is 0 Å². The number of hydrogen-bond donors (Lipinski definition) is 2. The second-order valence-electron chi connectivity index (χ2n) is 5.45. The van der Waals surface area contributed by atoms with Gasteiger partial charge in [0.05, 0.1) is 0 Å². The molecule has 0 amide bonds. The summed E-state index contributed by atoms with van der Waals surface area (Å²) < 4.78 is 5.75. The topological polar surface area (TPSA) is 58.6 Å². The zero-order valence-electron chi connectivity index (χ0n) is 12.3. The monoisotopic (exact) mass is 265 g/mol. The van der Waals surface area contributed by atoms with Crippen LogP contribution in [-0.2, 0) is 4.79 Å². The molecule has 0 radical (unpaired) electrons. The van der Waals surface area contributed by atoms with Gasteiger partial charge in [-0.05, 0) is 45.7 Å².